The van der Waals surface area contributed by atoms with E-state index in [0.29, 0.717) is 0 Å². The van der Waals surface area contributed by atoms with Crippen molar-refractivity contribution in [1.82, 2.24) is 0 Å². The van der Waals surface area contributed by atoms with E-state index in [1.165, 1.54) is 0 Å². The van der Waals surface area contributed by atoms with Gasteiger partial charge in [0.2, 0.25) is 0 Å². The average Bonchev–Trinajstić information content (AvgIpc) is 2.01. The van der Waals surface area contributed by atoms with E-state index < -0.39 is 19.2 Å². The summed E-state index contributed by atoms with van der Waals surface area (Å²) in [7, 11) is -1.84. The molecule has 0 bridgehead atoms. The summed E-state index contributed by atoms with van der Waals surface area (Å²) in [6.07, 6.45) is -4.80. The molecule has 0 aliphatic heterocycles. The second-order valence-corrected chi connectivity index (χ2v) is 2.42. The van der Waals surface area contributed by atoms with Crippen LogP contribution in [0.4, 0.5) is 13.2 Å². The third kappa shape index (κ3) is 3.27. The van der Waals surface area contributed by atoms with Crippen molar-refractivity contribution < 1.29 is 28.0 Å². The lowest BCUT2D eigenvalue weighted by Crippen LogP contribution is -2.30. The third-order valence-corrected chi connectivity index (χ3v) is 1.32. The Bertz CT molecular complexity index is 313. The normalized spacial score (nSPS) is 11.2. The molecule has 0 unspecified atom stereocenters. The molecule has 0 aromatic heterocycles. The molecule has 1 aromatic carbocycles. The van der Waals surface area contributed by atoms with Crippen LogP contribution in [0.2, 0.25) is 0 Å². The maximum Gasteiger partial charge on any atom is 0.573 e. The molecule has 0 saturated carbocycles. The van der Waals surface area contributed by atoms with Crippen molar-refractivity contribution in [2.75, 3.05) is 0 Å². The van der Waals surface area contributed by atoms with E-state index in [9.17, 15) is 13.2 Å². The summed E-state index contributed by atoms with van der Waals surface area (Å²) in [6, 6.07) is 5.25. The molecule has 75 valence electrons. The van der Waals surface area contributed by atoms with Crippen LogP contribution in [-0.2, 0) is 0 Å². The monoisotopic (exact) mass is 205 g/mol. The van der Waals surface area contributed by atoms with Crippen LogP contribution in [-0.4, -0.2) is 23.5 Å². The largest absolute Gasteiger partial charge is 0.573 e. The number of hydrogen-bond acceptors (Lipinski definition) is 3. The second kappa shape index (κ2) is 3.89. The second-order valence-electron chi connectivity index (χ2n) is 2.42. The summed E-state index contributed by atoms with van der Waals surface area (Å²) in [5.41, 5.74) is -0.119. The van der Waals surface area contributed by atoms with Crippen LogP contribution >= 0.6 is 0 Å². The number of halogens is 3. The van der Waals surface area contributed by atoms with Crippen LogP contribution < -0.4 is 10.2 Å². The molecule has 0 fully saturated rings. The third-order valence-electron chi connectivity index (χ3n) is 1.32. The van der Waals surface area contributed by atoms with Crippen LogP contribution in [0.5, 0.6) is 5.75 Å². The van der Waals surface area contributed by atoms with Gasteiger partial charge in [-0.1, -0.05) is 6.07 Å². The first kappa shape index (κ1) is 10.9. The minimum atomic E-state index is -4.80. The Labute approximate surface area is 77.9 Å². The van der Waals surface area contributed by atoms with Gasteiger partial charge in [-0.25, -0.2) is 0 Å². The molecule has 3 nitrogen and oxygen atoms in total. The fourth-order valence-electron chi connectivity index (χ4n) is 0.809. The quantitative estimate of drug-likeness (QED) is 0.671. The zero-order valence-corrected chi connectivity index (χ0v) is 6.75. The summed E-state index contributed by atoms with van der Waals surface area (Å²) < 4.78 is 38.7. The molecule has 0 saturated heterocycles. The van der Waals surface area contributed by atoms with Gasteiger partial charge in [-0.2, -0.15) is 0 Å². The standard InChI is InChI=1S/C7H5BF3O3/c9-7(10,11)14-6-3-1-2-5(4-6)8(12)13/h2-4,12-13H. The van der Waals surface area contributed by atoms with E-state index in [1.807, 2.05) is 0 Å². The Hall–Kier alpha value is -1.21. The number of hydrogen-bond donors (Lipinski definition) is 2. The van der Waals surface area contributed by atoms with E-state index >= 15 is 0 Å². The summed E-state index contributed by atoms with van der Waals surface area (Å²) >= 11 is 0. The van der Waals surface area contributed by atoms with E-state index in [0.717, 1.165) is 18.2 Å². The van der Waals surface area contributed by atoms with Gasteiger partial charge in [-0.3, -0.25) is 0 Å². The molecule has 14 heavy (non-hydrogen) atoms. The first-order valence-corrected chi connectivity index (χ1v) is 3.51. The fourth-order valence-corrected chi connectivity index (χ4v) is 0.809. The molecule has 0 aliphatic carbocycles. The molecule has 1 rings (SSSR count). The first-order chi connectivity index (χ1) is 6.38. The zero-order valence-electron chi connectivity index (χ0n) is 6.75. The molecule has 1 aromatic rings. The number of benzene rings is 1. The smallest absolute Gasteiger partial charge is 0.423 e. The molecule has 2 N–H and O–H groups in total. The Balaban J connectivity index is 2.84. The first-order valence-electron chi connectivity index (χ1n) is 3.51. The van der Waals surface area contributed by atoms with Gasteiger partial charge in [0.05, 0.1) is 0 Å². The highest BCUT2D eigenvalue weighted by atomic mass is 19.4. The highest BCUT2D eigenvalue weighted by Crippen LogP contribution is 2.21. The minimum absolute atomic E-state index is 0.119. The Morgan fingerprint density at radius 2 is 1.93 bits per heavy atom. The molecule has 0 atom stereocenters. The molecule has 0 amide bonds. The predicted octanol–water partition coefficient (Wildman–Crippen LogP) is 0.0652. The lowest BCUT2D eigenvalue weighted by atomic mass is 9.80. The van der Waals surface area contributed by atoms with Gasteiger partial charge in [0.1, 0.15) is 5.75 Å². The van der Waals surface area contributed by atoms with Gasteiger partial charge < -0.3 is 14.8 Å². The van der Waals surface area contributed by atoms with Gasteiger partial charge in [-0.15, -0.1) is 13.2 Å². The lowest BCUT2D eigenvalue weighted by molar-refractivity contribution is -0.274. The Morgan fingerprint density at radius 3 is 2.43 bits per heavy atom. The molecular formula is C7H5BF3O3. The number of alkyl halides is 3. The summed E-state index contributed by atoms with van der Waals surface area (Å²) in [6.45, 7) is 0. The predicted molar refractivity (Wildman–Crippen MR) is 41.8 cm³/mol. The average molecular weight is 205 g/mol. The fraction of sp³-hybridized carbons (Fsp3) is 0.143. The summed E-state index contributed by atoms with van der Waals surface area (Å²) in [4.78, 5) is 0. The number of rotatable bonds is 2. The molecular weight excluding hydrogens is 200 g/mol. The van der Waals surface area contributed by atoms with Gasteiger partial charge in [0, 0.05) is 0 Å². The van der Waals surface area contributed by atoms with Gasteiger partial charge in [0.25, 0.3) is 0 Å². The van der Waals surface area contributed by atoms with Crippen molar-refractivity contribution in [2.45, 2.75) is 6.36 Å². The summed E-state index contributed by atoms with van der Waals surface area (Å²) in [5, 5.41) is 17.3. The van der Waals surface area contributed by atoms with Crippen molar-refractivity contribution >= 4 is 12.6 Å². The SMILES string of the molecule is OB(O)c1c[c]cc(OC(F)(F)F)c1. The van der Waals surface area contributed by atoms with Crippen LogP contribution in [0.1, 0.15) is 0 Å². The lowest BCUT2D eigenvalue weighted by Gasteiger charge is -2.09. The van der Waals surface area contributed by atoms with E-state index in [1.54, 1.807) is 0 Å². The minimum Gasteiger partial charge on any atom is -0.423 e. The number of ether oxygens (including phenoxy) is 1. The molecule has 7 heteroatoms. The molecule has 0 heterocycles. The topological polar surface area (TPSA) is 49.7 Å². The van der Waals surface area contributed by atoms with Crippen molar-refractivity contribution in [2.24, 2.45) is 0 Å². The van der Waals surface area contributed by atoms with Crippen molar-refractivity contribution in [3.8, 4) is 5.75 Å². The summed E-state index contributed by atoms with van der Waals surface area (Å²) in [5.74, 6) is -0.539. The van der Waals surface area contributed by atoms with Gasteiger partial charge in [0.15, 0.2) is 0 Å². The van der Waals surface area contributed by atoms with Gasteiger partial charge in [-0.05, 0) is 23.7 Å². The van der Waals surface area contributed by atoms with E-state index in [4.69, 9.17) is 10.0 Å². The van der Waals surface area contributed by atoms with Crippen LogP contribution in [0.15, 0.2) is 18.2 Å². The Kier molecular flexibility index (Phi) is 3.02. The molecule has 0 spiro atoms. The molecule has 0 aliphatic rings. The zero-order chi connectivity index (χ0) is 10.8. The van der Waals surface area contributed by atoms with Crippen molar-refractivity contribution in [3.63, 3.8) is 0 Å². The van der Waals surface area contributed by atoms with E-state index in [2.05, 4.69) is 10.8 Å². The van der Waals surface area contributed by atoms with Crippen LogP contribution in [0.25, 0.3) is 0 Å². The van der Waals surface area contributed by atoms with Crippen molar-refractivity contribution in [1.29, 1.82) is 0 Å². The molecule has 1 radical (unpaired) electrons. The van der Waals surface area contributed by atoms with Crippen LogP contribution in [0, 0.1) is 6.07 Å². The maximum absolute atomic E-state index is 11.7. The maximum atomic E-state index is 11.7. The van der Waals surface area contributed by atoms with Gasteiger partial charge >= 0.3 is 13.5 Å². The highest BCUT2D eigenvalue weighted by Gasteiger charge is 2.31. The van der Waals surface area contributed by atoms with Crippen molar-refractivity contribution in [3.05, 3.63) is 24.3 Å². The van der Waals surface area contributed by atoms with Crippen LogP contribution in [0.3, 0.4) is 0 Å². The Morgan fingerprint density at radius 1 is 1.29 bits per heavy atom. The highest BCUT2D eigenvalue weighted by molar-refractivity contribution is 6.58. The van der Waals surface area contributed by atoms with E-state index in [-0.39, 0.29) is 5.46 Å².